The molecular formula is C24H25N7OS. The molecule has 9 heteroatoms. The zero-order valence-corrected chi connectivity index (χ0v) is 19.2. The zero-order chi connectivity index (χ0) is 22.7. The zero-order valence-electron chi connectivity index (χ0n) is 18.4. The van der Waals surface area contributed by atoms with Crippen LogP contribution < -0.4 is 16.2 Å². The third kappa shape index (κ3) is 2.99. The summed E-state index contributed by atoms with van der Waals surface area (Å²) in [5.41, 5.74) is 12.8. The minimum absolute atomic E-state index is 0.0584. The van der Waals surface area contributed by atoms with E-state index < -0.39 is 0 Å². The predicted octanol–water partition coefficient (Wildman–Crippen LogP) is 3.02. The number of nitrogens with two attached hydrogens (primary N) is 1. The number of aromatic amines is 1. The van der Waals surface area contributed by atoms with Gasteiger partial charge in [-0.25, -0.2) is 0 Å². The highest BCUT2D eigenvalue weighted by molar-refractivity contribution is 7.10. The summed E-state index contributed by atoms with van der Waals surface area (Å²) >= 11 is 1.47. The first-order valence-corrected chi connectivity index (χ1v) is 12.0. The average Bonchev–Trinajstić information content (AvgIpc) is 3.56. The number of anilines is 1. The first-order chi connectivity index (χ1) is 16.0. The Morgan fingerprint density at radius 3 is 2.82 bits per heavy atom. The van der Waals surface area contributed by atoms with Crippen molar-refractivity contribution >= 4 is 33.9 Å². The van der Waals surface area contributed by atoms with Crippen LogP contribution in [-0.2, 0) is 13.5 Å². The lowest BCUT2D eigenvalue weighted by Crippen LogP contribution is -2.46. The number of benzene rings is 1. The highest BCUT2D eigenvalue weighted by atomic mass is 32.1. The van der Waals surface area contributed by atoms with Crippen molar-refractivity contribution in [3.05, 3.63) is 74.6 Å². The molecule has 6 rings (SSSR count). The smallest absolute Gasteiger partial charge is 0.266 e. The fourth-order valence-electron chi connectivity index (χ4n) is 5.49. The summed E-state index contributed by atoms with van der Waals surface area (Å²) in [6.07, 6.45) is 4.68. The summed E-state index contributed by atoms with van der Waals surface area (Å²) in [5, 5.41) is 7.78. The molecule has 1 spiro atoms. The third-order valence-electron chi connectivity index (χ3n) is 7.43. The lowest BCUT2D eigenvalue weighted by molar-refractivity contribution is 0.186. The number of nitrogens with one attached hydrogen (secondary N) is 1. The van der Waals surface area contributed by atoms with Gasteiger partial charge in [-0.05, 0) is 35.8 Å². The van der Waals surface area contributed by atoms with E-state index in [1.54, 1.807) is 23.3 Å². The second-order valence-corrected chi connectivity index (χ2v) is 10.0. The molecule has 1 saturated heterocycles. The van der Waals surface area contributed by atoms with Gasteiger partial charge in [0.1, 0.15) is 11.1 Å². The lowest BCUT2D eigenvalue weighted by atomic mass is 9.73. The van der Waals surface area contributed by atoms with Crippen molar-refractivity contribution in [2.24, 2.45) is 18.2 Å². The highest BCUT2D eigenvalue weighted by Gasteiger charge is 2.46. The monoisotopic (exact) mass is 459 g/mol. The van der Waals surface area contributed by atoms with Gasteiger partial charge in [0.05, 0.1) is 10.4 Å². The van der Waals surface area contributed by atoms with Crippen LogP contribution in [0.15, 0.2) is 47.3 Å². The van der Waals surface area contributed by atoms with Crippen LogP contribution in [0.1, 0.15) is 40.6 Å². The molecule has 4 heterocycles. The normalized spacial score (nSPS) is 19.3. The maximum absolute atomic E-state index is 13.4. The number of fused-ring (bicyclic) bond motifs is 2. The molecule has 168 valence electrons. The highest BCUT2D eigenvalue weighted by Crippen LogP contribution is 2.50. The van der Waals surface area contributed by atoms with Crippen LogP contribution in [0.25, 0.3) is 16.6 Å². The van der Waals surface area contributed by atoms with E-state index in [0.29, 0.717) is 28.2 Å². The van der Waals surface area contributed by atoms with Crippen molar-refractivity contribution < 1.29 is 0 Å². The number of rotatable bonds is 3. The molecule has 0 bridgehead atoms. The quantitative estimate of drug-likeness (QED) is 0.488. The Bertz CT molecular complexity index is 1430. The van der Waals surface area contributed by atoms with Gasteiger partial charge in [-0.1, -0.05) is 30.8 Å². The number of hydrogen-bond acceptors (Lipinski definition) is 7. The van der Waals surface area contributed by atoms with E-state index in [-0.39, 0.29) is 17.0 Å². The van der Waals surface area contributed by atoms with Crippen molar-refractivity contribution in [3.8, 4) is 0 Å². The van der Waals surface area contributed by atoms with Gasteiger partial charge in [-0.15, -0.1) is 11.3 Å². The Hall–Kier alpha value is -3.30. The third-order valence-corrected chi connectivity index (χ3v) is 8.26. The standard InChI is InChI=1S/C24H25N7OS/c1-14(17-12-26-13-33-17)19-18-21(29-28-19)27-23(30(2)22(18)32)31-9-7-24(8-10-31)11-15-5-3-4-6-16(15)20(24)25/h3-6,12-13,20H,1,7-11,25H2,2H3,(H,28,29)/t20-/m1/s1. The van der Waals surface area contributed by atoms with Crippen LogP contribution in [0.4, 0.5) is 5.95 Å². The number of aromatic nitrogens is 5. The number of H-pyrrole nitrogens is 1. The van der Waals surface area contributed by atoms with Crippen molar-refractivity contribution in [2.75, 3.05) is 18.0 Å². The van der Waals surface area contributed by atoms with Crippen LogP contribution in [0.3, 0.4) is 0 Å². The summed E-state index contributed by atoms with van der Waals surface area (Å²) in [7, 11) is 1.78. The van der Waals surface area contributed by atoms with Gasteiger partial charge in [0, 0.05) is 37.9 Å². The summed E-state index contributed by atoms with van der Waals surface area (Å²) in [6, 6.07) is 8.59. The van der Waals surface area contributed by atoms with Crippen LogP contribution in [0.5, 0.6) is 0 Å². The summed E-state index contributed by atoms with van der Waals surface area (Å²) in [5.74, 6) is 0.657. The maximum Gasteiger partial charge on any atom is 0.266 e. The summed E-state index contributed by atoms with van der Waals surface area (Å²) in [4.78, 5) is 25.3. The van der Waals surface area contributed by atoms with Crippen molar-refractivity contribution in [2.45, 2.75) is 25.3 Å². The molecule has 3 N–H and O–H groups in total. The number of hydrogen-bond donors (Lipinski definition) is 2. The van der Waals surface area contributed by atoms with Crippen LogP contribution in [-0.4, -0.2) is 37.8 Å². The van der Waals surface area contributed by atoms with Crippen LogP contribution in [0, 0.1) is 5.41 Å². The molecule has 0 saturated carbocycles. The Morgan fingerprint density at radius 1 is 1.30 bits per heavy atom. The van der Waals surface area contributed by atoms with Crippen molar-refractivity contribution in [1.82, 2.24) is 24.7 Å². The Kier molecular flexibility index (Phi) is 4.53. The molecule has 4 aromatic rings. The Labute approximate surface area is 194 Å². The minimum Gasteiger partial charge on any atom is -0.342 e. The maximum atomic E-state index is 13.4. The molecule has 1 aliphatic heterocycles. The van der Waals surface area contributed by atoms with E-state index in [0.717, 1.165) is 37.2 Å². The molecular weight excluding hydrogens is 434 g/mol. The fourth-order valence-corrected chi connectivity index (χ4v) is 6.09. The van der Waals surface area contributed by atoms with Crippen LogP contribution >= 0.6 is 11.3 Å². The van der Waals surface area contributed by atoms with Gasteiger partial charge in [0.2, 0.25) is 5.95 Å². The molecule has 2 aliphatic rings. The Morgan fingerprint density at radius 2 is 2.09 bits per heavy atom. The van der Waals surface area contributed by atoms with Gasteiger partial charge >= 0.3 is 0 Å². The van der Waals surface area contributed by atoms with Crippen molar-refractivity contribution in [1.29, 1.82) is 0 Å². The minimum atomic E-state index is -0.130. The first-order valence-electron chi connectivity index (χ1n) is 11.1. The number of piperidine rings is 1. The second kappa shape index (κ2) is 7.36. The molecule has 1 aliphatic carbocycles. The molecule has 1 aromatic carbocycles. The van der Waals surface area contributed by atoms with Gasteiger partial charge < -0.3 is 10.6 Å². The number of thiazole rings is 1. The fraction of sp³-hybridized carbons (Fsp3) is 0.333. The van der Waals surface area contributed by atoms with E-state index in [9.17, 15) is 4.79 Å². The molecule has 8 nitrogen and oxygen atoms in total. The molecule has 0 radical (unpaired) electrons. The average molecular weight is 460 g/mol. The molecule has 0 amide bonds. The molecule has 0 unspecified atom stereocenters. The first kappa shape index (κ1) is 20.3. The van der Waals surface area contributed by atoms with Gasteiger partial charge in [0.15, 0.2) is 5.65 Å². The number of nitrogens with zero attached hydrogens (tertiary/aromatic N) is 5. The van der Waals surface area contributed by atoms with Gasteiger partial charge in [-0.3, -0.25) is 19.4 Å². The summed E-state index contributed by atoms with van der Waals surface area (Å²) < 4.78 is 1.63. The lowest BCUT2D eigenvalue weighted by Gasteiger charge is -2.42. The topological polar surface area (TPSA) is 106 Å². The van der Waals surface area contributed by atoms with E-state index in [2.05, 4.69) is 50.9 Å². The molecule has 33 heavy (non-hydrogen) atoms. The Balaban J connectivity index is 1.30. The van der Waals surface area contributed by atoms with E-state index >= 15 is 0 Å². The van der Waals surface area contributed by atoms with Crippen LogP contribution in [0.2, 0.25) is 0 Å². The van der Waals surface area contributed by atoms with Crippen molar-refractivity contribution in [3.63, 3.8) is 0 Å². The van der Waals surface area contributed by atoms with E-state index in [1.165, 1.54) is 22.5 Å². The van der Waals surface area contributed by atoms with Gasteiger partial charge in [0.25, 0.3) is 5.56 Å². The molecule has 3 aromatic heterocycles. The second-order valence-electron chi connectivity index (χ2n) is 9.12. The SMILES string of the molecule is C=C(c1cncs1)c1n[nH]c2nc(N3CCC4(CC3)Cc3ccccc3[C@H]4N)n(C)c(=O)c12. The molecule has 1 atom stereocenters. The predicted molar refractivity (Wildman–Crippen MR) is 130 cm³/mol. The van der Waals surface area contributed by atoms with E-state index in [4.69, 9.17) is 10.7 Å². The summed E-state index contributed by atoms with van der Waals surface area (Å²) in [6.45, 7) is 5.74. The van der Waals surface area contributed by atoms with Gasteiger partial charge in [-0.2, -0.15) is 10.1 Å². The van der Waals surface area contributed by atoms with E-state index in [1.807, 2.05) is 0 Å². The largest absolute Gasteiger partial charge is 0.342 e. The molecule has 1 fully saturated rings.